The predicted molar refractivity (Wildman–Crippen MR) is 124 cm³/mol. The van der Waals surface area contributed by atoms with Crippen LogP contribution < -0.4 is 11.1 Å². The van der Waals surface area contributed by atoms with Gasteiger partial charge < -0.3 is 0 Å². The second-order valence-electron chi connectivity index (χ2n) is 7.36. The van der Waals surface area contributed by atoms with Crippen molar-refractivity contribution in [2.75, 3.05) is 0 Å². The zero-order valence-electron chi connectivity index (χ0n) is 16.5. The van der Waals surface area contributed by atoms with E-state index in [0.29, 0.717) is 28.1 Å². The van der Waals surface area contributed by atoms with E-state index in [-0.39, 0.29) is 11.1 Å². The first-order valence-electron chi connectivity index (χ1n) is 9.82. The minimum absolute atomic E-state index is 0.0131. The Morgan fingerprint density at radius 3 is 2.93 bits per heavy atom. The molecular formula is C21H20N4O2S3. The summed E-state index contributed by atoms with van der Waals surface area (Å²) in [5.41, 5.74) is 2.71. The lowest BCUT2D eigenvalue weighted by Gasteiger charge is -2.12. The maximum absolute atomic E-state index is 13.3. The molecule has 0 bridgehead atoms. The maximum Gasteiger partial charge on any atom is 0.263 e. The lowest BCUT2D eigenvalue weighted by molar-refractivity contribution is 0.668. The van der Waals surface area contributed by atoms with E-state index in [2.05, 4.69) is 11.6 Å². The first kappa shape index (κ1) is 19.7. The van der Waals surface area contributed by atoms with E-state index in [4.69, 9.17) is 4.98 Å². The van der Waals surface area contributed by atoms with Crippen molar-refractivity contribution in [2.24, 2.45) is 0 Å². The molecule has 0 spiro atoms. The number of nitrogens with zero attached hydrogens (tertiary/aromatic N) is 4. The summed E-state index contributed by atoms with van der Waals surface area (Å²) >= 11 is 4.55. The number of thioether (sulfide) groups is 1. The summed E-state index contributed by atoms with van der Waals surface area (Å²) in [6, 6.07) is 1.57. The van der Waals surface area contributed by atoms with Gasteiger partial charge >= 0.3 is 0 Å². The number of thiophene rings is 1. The molecule has 4 heterocycles. The molecule has 0 N–H and O–H groups in total. The number of aromatic nitrogens is 4. The molecule has 0 aliphatic heterocycles. The Labute approximate surface area is 184 Å². The van der Waals surface area contributed by atoms with Gasteiger partial charge in [-0.25, -0.2) is 9.97 Å². The van der Waals surface area contributed by atoms with Gasteiger partial charge in [0.15, 0.2) is 10.1 Å². The molecule has 0 aromatic carbocycles. The molecule has 0 radical (unpaired) electrons. The molecule has 5 rings (SSSR count). The zero-order chi connectivity index (χ0) is 20.8. The first-order chi connectivity index (χ1) is 14.6. The fourth-order valence-corrected chi connectivity index (χ4v) is 7.03. The summed E-state index contributed by atoms with van der Waals surface area (Å²) in [5.74, 6) is 0.475. The molecule has 1 aliphatic carbocycles. The van der Waals surface area contributed by atoms with Crippen LogP contribution in [0.4, 0.5) is 0 Å². The lowest BCUT2D eigenvalue weighted by Crippen LogP contribution is -2.23. The van der Waals surface area contributed by atoms with E-state index in [1.165, 1.54) is 40.0 Å². The zero-order valence-corrected chi connectivity index (χ0v) is 19.0. The van der Waals surface area contributed by atoms with Crippen LogP contribution in [0, 0.1) is 6.92 Å². The Balaban J connectivity index is 1.55. The average molecular weight is 457 g/mol. The van der Waals surface area contributed by atoms with Crippen LogP contribution in [0.2, 0.25) is 0 Å². The Bertz CT molecular complexity index is 1410. The monoisotopic (exact) mass is 456 g/mol. The minimum atomic E-state index is -0.0767. The summed E-state index contributed by atoms with van der Waals surface area (Å²) in [7, 11) is 0. The van der Waals surface area contributed by atoms with E-state index in [1.54, 1.807) is 32.4 Å². The molecule has 0 unspecified atom stereocenters. The van der Waals surface area contributed by atoms with Gasteiger partial charge in [0.05, 0.1) is 11.1 Å². The van der Waals surface area contributed by atoms with E-state index in [1.807, 2.05) is 12.3 Å². The summed E-state index contributed by atoms with van der Waals surface area (Å²) in [6.07, 6.45) is 6.02. The van der Waals surface area contributed by atoms with Gasteiger partial charge in [0, 0.05) is 34.3 Å². The molecule has 30 heavy (non-hydrogen) atoms. The number of fused-ring (bicyclic) bond motifs is 4. The van der Waals surface area contributed by atoms with Gasteiger partial charge in [-0.15, -0.1) is 29.3 Å². The average Bonchev–Trinajstić information content (AvgIpc) is 3.29. The van der Waals surface area contributed by atoms with Crippen molar-refractivity contribution < 1.29 is 0 Å². The van der Waals surface area contributed by atoms with Gasteiger partial charge in [-0.2, -0.15) is 0 Å². The standard InChI is InChI=1S/C21H20N4O2S3/c1-3-8-24-19(27)17-14-6-4-5-7-15(14)30-18(17)23-20(24)29-11-13-9-16(26)25-12(2)10-28-21(25)22-13/h3,9-10H,1,4-8,11H2,2H3. The van der Waals surface area contributed by atoms with Gasteiger partial charge in [-0.05, 0) is 38.2 Å². The highest BCUT2D eigenvalue weighted by Gasteiger charge is 2.22. The Morgan fingerprint density at radius 2 is 2.10 bits per heavy atom. The number of thiazole rings is 1. The predicted octanol–water partition coefficient (Wildman–Crippen LogP) is 4.19. The molecule has 4 aromatic heterocycles. The van der Waals surface area contributed by atoms with Crippen molar-refractivity contribution in [3.05, 3.63) is 66.6 Å². The molecule has 9 heteroatoms. The smallest absolute Gasteiger partial charge is 0.263 e. The molecule has 0 saturated heterocycles. The summed E-state index contributed by atoms with van der Waals surface area (Å²) in [5, 5.41) is 3.36. The second kappa shape index (κ2) is 7.79. The molecule has 0 amide bonds. The van der Waals surface area contributed by atoms with E-state index in [9.17, 15) is 9.59 Å². The van der Waals surface area contributed by atoms with Gasteiger partial charge in [0.2, 0.25) is 0 Å². The van der Waals surface area contributed by atoms with Gasteiger partial charge in [-0.1, -0.05) is 17.8 Å². The van der Waals surface area contributed by atoms with Crippen molar-refractivity contribution in [3.63, 3.8) is 0 Å². The van der Waals surface area contributed by atoms with Crippen LogP contribution in [0.15, 0.2) is 38.8 Å². The van der Waals surface area contributed by atoms with Crippen LogP contribution >= 0.6 is 34.4 Å². The Kier molecular flexibility index (Phi) is 5.12. The Hall–Kier alpha value is -2.23. The fraction of sp³-hybridized carbons (Fsp3) is 0.333. The molecular weight excluding hydrogens is 436 g/mol. The quantitative estimate of drug-likeness (QED) is 0.256. The highest BCUT2D eigenvalue weighted by Crippen LogP contribution is 2.35. The van der Waals surface area contributed by atoms with Crippen LogP contribution in [-0.2, 0) is 25.1 Å². The topological polar surface area (TPSA) is 69.3 Å². The SMILES string of the molecule is C=CCn1c(SCc2cc(=O)n3c(C)csc3n2)nc2sc3c(c2c1=O)CCCC3. The molecule has 1 aliphatic rings. The van der Waals surface area contributed by atoms with Gasteiger partial charge in [0.1, 0.15) is 4.83 Å². The van der Waals surface area contributed by atoms with Crippen LogP contribution in [0.3, 0.4) is 0 Å². The summed E-state index contributed by atoms with van der Waals surface area (Å²) < 4.78 is 3.31. The second-order valence-corrected chi connectivity index (χ2v) is 10.2. The highest BCUT2D eigenvalue weighted by atomic mass is 32.2. The summed E-state index contributed by atoms with van der Waals surface area (Å²) in [6.45, 7) is 6.12. The molecule has 0 atom stereocenters. The highest BCUT2D eigenvalue weighted by molar-refractivity contribution is 7.98. The summed E-state index contributed by atoms with van der Waals surface area (Å²) in [4.78, 5) is 38.0. The first-order valence-corrected chi connectivity index (χ1v) is 12.5. The van der Waals surface area contributed by atoms with Crippen LogP contribution in [0.1, 0.15) is 34.7 Å². The van der Waals surface area contributed by atoms with Gasteiger partial charge in [0.25, 0.3) is 11.1 Å². The number of allylic oxidation sites excluding steroid dienone is 1. The van der Waals surface area contributed by atoms with Crippen molar-refractivity contribution in [1.82, 2.24) is 18.9 Å². The number of rotatable bonds is 5. The minimum Gasteiger partial charge on any atom is -0.283 e. The van der Waals surface area contributed by atoms with Crippen molar-refractivity contribution in [3.8, 4) is 0 Å². The maximum atomic E-state index is 13.3. The van der Waals surface area contributed by atoms with E-state index < -0.39 is 0 Å². The number of hydrogen-bond acceptors (Lipinski definition) is 7. The molecule has 0 saturated carbocycles. The van der Waals surface area contributed by atoms with E-state index >= 15 is 0 Å². The van der Waals surface area contributed by atoms with Crippen LogP contribution in [0.25, 0.3) is 15.2 Å². The number of aryl methyl sites for hydroxylation is 3. The van der Waals surface area contributed by atoms with Crippen molar-refractivity contribution in [2.45, 2.75) is 50.1 Å². The normalized spacial score (nSPS) is 13.8. The third-order valence-corrected chi connectivity index (χ3v) is 8.47. The third kappa shape index (κ3) is 3.25. The van der Waals surface area contributed by atoms with Crippen molar-refractivity contribution >= 4 is 49.6 Å². The molecule has 154 valence electrons. The largest absolute Gasteiger partial charge is 0.283 e. The lowest BCUT2D eigenvalue weighted by atomic mass is 9.97. The fourth-order valence-electron chi connectivity index (χ4n) is 3.93. The van der Waals surface area contributed by atoms with Crippen molar-refractivity contribution in [1.29, 1.82) is 0 Å². The number of hydrogen-bond donors (Lipinski definition) is 0. The van der Waals surface area contributed by atoms with Crippen LogP contribution in [0.5, 0.6) is 0 Å². The molecule has 6 nitrogen and oxygen atoms in total. The van der Waals surface area contributed by atoms with E-state index in [0.717, 1.165) is 35.2 Å². The van der Waals surface area contributed by atoms with Crippen LogP contribution in [-0.4, -0.2) is 18.9 Å². The Morgan fingerprint density at radius 1 is 1.27 bits per heavy atom. The molecule has 0 fully saturated rings. The van der Waals surface area contributed by atoms with Gasteiger partial charge in [-0.3, -0.25) is 18.6 Å². The third-order valence-electron chi connectivity index (χ3n) is 5.33. The molecule has 4 aromatic rings.